The minimum Gasteiger partial charge on any atom is -0.480 e. The number of hydrogen-bond donors (Lipinski definition) is 2. The molecule has 2 aromatic rings. The van der Waals surface area contributed by atoms with Crippen LogP contribution in [0.15, 0.2) is 42.6 Å². The SMILES string of the molecule is Nc1cccc(-c2ncccc2OCC(=O)O)c1. The molecule has 0 fully saturated rings. The summed E-state index contributed by atoms with van der Waals surface area (Å²) < 4.78 is 5.19. The Morgan fingerprint density at radius 3 is 2.89 bits per heavy atom. The van der Waals surface area contributed by atoms with E-state index in [1.165, 1.54) is 0 Å². The highest BCUT2D eigenvalue weighted by molar-refractivity contribution is 5.71. The molecule has 0 spiro atoms. The first-order chi connectivity index (χ1) is 8.66. The third kappa shape index (κ3) is 2.76. The number of carboxylic acids is 1. The Morgan fingerprint density at radius 1 is 1.33 bits per heavy atom. The second-order valence-electron chi connectivity index (χ2n) is 3.66. The Hall–Kier alpha value is -2.56. The van der Waals surface area contributed by atoms with Gasteiger partial charge < -0.3 is 15.6 Å². The van der Waals surface area contributed by atoms with Gasteiger partial charge in [-0.2, -0.15) is 0 Å². The van der Waals surface area contributed by atoms with Crippen molar-refractivity contribution in [1.82, 2.24) is 4.98 Å². The van der Waals surface area contributed by atoms with Crippen LogP contribution in [0.3, 0.4) is 0 Å². The molecule has 0 aliphatic rings. The van der Waals surface area contributed by atoms with Gasteiger partial charge in [-0.3, -0.25) is 4.98 Å². The summed E-state index contributed by atoms with van der Waals surface area (Å²) in [6, 6.07) is 10.5. The van der Waals surface area contributed by atoms with E-state index in [1.54, 1.807) is 36.5 Å². The lowest BCUT2D eigenvalue weighted by atomic mass is 10.1. The average Bonchev–Trinajstić information content (AvgIpc) is 2.36. The van der Waals surface area contributed by atoms with Crippen LogP contribution in [0, 0.1) is 0 Å². The molecule has 1 aromatic carbocycles. The first-order valence-corrected chi connectivity index (χ1v) is 5.32. The number of hydrogen-bond acceptors (Lipinski definition) is 4. The Labute approximate surface area is 104 Å². The van der Waals surface area contributed by atoms with Crippen molar-refractivity contribution in [2.75, 3.05) is 12.3 Å². The van der Waals surface area contributed by atoms with Gasteiger partial charge in [0.25, 0.3) is 0 Å². The number of rotatable bonds is 4. The lowest BCUT2D eigenvalue weighted by molar-refractivity contribution is -0.139. The summed E-state index contributed by atoms with van der Waals surface area (Å²) >= 11 is 0. The predicted molar refractivity (Wildman–Crippen MR) is 67.2 cm³/mol. The lowest BCUT2D eigenvalue weighted by Gasteiger charge is -2.09. The fourth-order valence-corrected chi connectivity index (χ4v) is 1.55. The van der Waals surface area contributed by atoms with E-state index in [-0.39, 0.29) is 0 Å². The van der Waals surface area contributed by atoms with Gasteiger partial charge in [-0.05, 0) is 24.3 Å². The van der Waals surface area contributed by atoms with E-state index in [0.29, 0.717) is 17.1 Å². The summed E-state index contributed by atoms with van der Waals surface area (Å²) in [6.45, 7) is -0.402. The molecule has 5 heteroatoms. The van der Waals surface area contributed by atoms with Crippen molar-refractivity contribution >= 4 is 11.7 Å². The molecule has 18 heavy (non-hydrogen) atoms. The van der Waals surface area contributed by atoms with E-state index in [9.17, 15) is 4.79 Å². The predicted octanol–water partition coefficient (Wildman–Crippen LogP) is 1.79. The maximum absolute atomic E-state index is 10.5. The Morgan fingerprint density at radius 2 is 2.17 bits per heavy atom. The number of aromatic nitrogens is 1. The highest BCUT2D eigenvalue weighted by atomic mass is 16.5. The number of nitrogen functional groups attached to an aromatic ring is 1. The minimum atomic E-state index is -1.03. The highest BCUT2D eigenvalue weighted by Gasteiger charge is 2.09. The number of benzene rings is 1. The molecule has 5 nitrogen and oxygen atoms in total. The normalized spacial score (nSPS) is 10.0. The zero-order chi connectivity index (χ0) is 13.0. The highest BCUT2D eigenvalue weighted by Crippen LogP contribution is 2.28. The Balaban J connectivity index is 2.35. The fraction of sp³-hybridized carbons (Fsp3) is 0.0769. The van der Waals surface area contributed by atoms with Crippen LogP contribution in [0.2, 0.25) is 0 Å². The number of nitrogens with zero attached hydrogens (tertiary/aromatic N) is 1. The zero-order valence-electron chi connectivity index (χ0n) is 9.54. The van der Waals surface area contributed by atoms with Crippen LogP contribution >= 0.6 is 0 Å². The number of carboxylic acid groups (broad SMARTS) is 1. The number of anilines is 1. The van der Waals surface area contributed by atoms with Crippen LogP contribution in [0.25, 0.3) is 11.3 Å². The van der Waals surface area contributed by atoms with E-state index < -0.39 is 12.6 Å². The zero-order valence-corrected chi connectivity index (χ0v) is 9.54. The van der Waals surface area contributed by atoms with Crippen LogP contribution in [-0.4, -0.2) is 22.7 Å². The van der Waals surface area contributed by atoms with Gasteiger partial charge in [-0.25, -0.2) is 4.79 Å². The molecule has 0 radical (unpaired) electrons. The number of ether oxygens (including phenoxy) is 1. The summed E-state index contributed by atoms with van der Waals surface area (Å²) in [4.78, 5) is 14.7. The molecule has 2 rings (SSSR count). The van der Waals surface area contributed by atoms with E-state index in [0.717, 1.165) is 5.56 Å². The number of aliphatic carboxylic acids is 1. The molecule has 0 aliphatic carbocycles. The van der Waals surface area contributed by atoms with Crippen molar-refractivity contribution in [1.29, 1.82) is 0 Å². The molecule has 1 heterocycles. The average molecular weight is 244 g/mol. The van der Waals surface area contributed by atoms with Crippen molar-refractivity contribution in [2.24, 2.45) is 0 Å². The summed E-state index contributed by atoms with van der Waals surface area (Å²) in [6.07, 6.45) is 1.62. The van der Waals surface area contributed by atoms with Gasteiger partial charge in [-0.15, -0.1) is 0 Å². The van der Waals surface area contributed by atoms with Crippen LogP contribution < -0.4 is 10.5 Å². The van der Waals surface area contributed by atoms with E-state index in [2.05, 4.69) is 4.98 Å². The molecule has 0 saturated carbocycles. The number of nitrogens with two attached hydrogens (primary N) is 1. The first kappa shape index (κ1) is 11.9. The smallest absolute Gasteiger partial charge is 0.341 e. The summed E-state index contributed by atoms with van der Waals surface area (Å²) in [5.41, 5.74) is 7.68. The van der Waals surface area contributed by atoms with Gasteiger partial charge >= 0.3 is 5.97 Å². The topological polar surface area (TPSA) is 85.4 Å². The quantitative estimate of drug-likeness (QED) is 0.801. The molecular weight excluding hydrogens is 232 g/mol. The van der Waals surface area contributed by atoms with Gasteiger partial charge in [0.1, 0.15) is 11.4 Å². The largest absolute Gasteiger partial charge is 0.480 e. The molecule has 0 saturated heterocycles. The standard InChI is InChI=1S/C13H12N2O3/c14-10-4-1-3-9(7-10)13-11(5-2-6-15-13)18-8-12(16)17/h1-7H,8,14H2,(H,16,17). The van der Waals surface area contributed by atoms with E-state index >= 15 is 0 Å². The van der Waals surface area contributed by atoms with Gasteiger partial charge in [0.05, 0.1) is 0 Å². The Bertz CT molecular complexity index is 570. The van der Waals surface area contributed by atoms with Crippen LogP contribution in [0.1, 0.15) is 0 Å². The molecule has 1 aromatic heterocycles. The molecule has 0 aliphatic heterocycles. The van der Waals surface area contributed by atoms with Gasteiger partial charge in [0.2, 0.25) is 0 Å². The van der Waals surface area contributed by atoms with Gasteiger partial charge in [-0.1, -0.05) is 12.1 Å². The van der Waals surface area contributed by atoms with Crippen molar-refractivity contribution < 1.29 is 14.6 Å². The first-order valence-electron chi connectivity index (χ1n) is 5.32. The molecular formula is C13H12N2O3. The molecule has 0 atom stereocenters. The lowest BCUT2D eigenvalue weighted by Crippen LogP contribution is -2.10. The summed E-state index contributed by atoms with van der Waals surface area (Å²) in [7, 11) is 0. The second kappa shape index (κ2) is 5.18. The van der Waals surface area contributed by atoms with E-state index in [4.69, 9.17) is 15.6 Å². The molecule has 0 amide bonds. The van der Waals surface area contributed by atoms with Gasteiger partial charge in [0, 0.05) is 17.4 Å². The van der Waals surface area contributed by atoms with Crippen LogP contribution in [0.5, 0.6) is 5.75 Å². The van der Waals surface area contributed by atoms with Crippen molar-refractivity contribution in [3.05, 3.63) is 42.6 Å². The summed E-state index contributed by atoms with van der Waals surface area (Å²) in [5, 5.41) is 8.61. The fourth-order valence-electron chi connectivity index (χ4n) is 1.55. The van der Waals surface area contributed by atoms with Crippen molar-refractivity contribution in [3.8, 4) is 17.0 Å². The van der Waals surface area contributed by atoms with Gasteiger partial charge in [0.15, 0.2) is 6.61 Å². The number of carbonyl (C=O) groups is 1. The maximum atomic E-state index is 10.5. The van der Waals surface area contributed by atoms with Crippen molar-refractivity contribution in [2.45, 2.75) is 0 Å². The Kier molecular flexibility index (Phi) is 3.43. The van der Waals surface area contributed by atoms with Crippen LogP contribution in [0.4, 0.5) is 5.69 Å². The third-order valence-electron chi connectivity index (χ3n) is 2.28. The minimum absolute atomic E-state index is 0.402. The number of pyridine rings is 1. The summed E-state index contributed by atoms with van der Waals surface area (Å²) in [5.74, 6) is -0.608. The van der Waals surface area contributed by atoms with Crippen LogP contribution in [-0.2, 0) is 4.79 Å². The maximum Gasteiger partial charge on any atom is 0.341 e. The van der Waals surface area contributed by atoms with Crippen molar-refractivity contribution in [3.63, 3.8) is 0 Å². The molecule has 3 N–H and O–H groups in total. The monoisotopic (exact) mass is 244 g/mol. The third-order valence-corrected chi connectivity index (χ3v) is 2.28. The molecule has 0 bridgehead atoms. The second-order valence-corrected chi connectivity index (χ2v) is 3.66. The molecule has 0 unspecified atom stereocenters. The van der Waals surface area contributed by atoms with E-state index in [1.807, 2.05) is 6.07 Å². The molecule has 92 valence electrons.